The first kappa shape index (κ1) is 19.7. The van der Waals surface area contributed by atoms with E-state index in [-0.39, 0.29) is 24.6 Å². The van der Waals surface area contributed by atoms with Gasteiger partial charge in [-0.2, -0.15) is 0 Å². The summed E-state index contributed by atoms with van der Waals surface area (Å²) in [6.07, 6.45) is -0.0670. The molecule has 1 aliphatic heterocycles. The lowest BCUT2D eigenvalue weighted by molar-refractivity contribution is -0.384. The van der Waals surface area contributed by atoms with E-state index in [0.717, 1.165) is 0 Å². The van der Waals surface area contributed by atoms with E-state index in [1.165, 1.54) is 30.0 Å². The summed E-state index contributed by atoms with van der Waals surface area (Å²) in [6.45, 7) is 3.56. The Morgan fingerprint density at radius 2 is 2.19 bits per heavy atom. The van der Waals surface area contributed by atoms with Crippen molar-refractivity contribution in [3.63, 3.8) is 0 Å². The molecule has 0 spiro atoms. The third-order valence-corrected chi connectivity index (χ3v) is 5.02. The van der Waals surface area contributed by atoms with Crippen molar-refractivity contribution in [3.05, 3.63) is 33.9 Å². The second-order valence-corrected chi connectivity index (χ2v) is 6.88. The van der Waals surface area contributed by atoms with Gasteiger partial charge in [0.25, 0.3) is 5.69 Å². The van der Waals surface area contributed by atoms with Gasteiger partial charge in [-0.3, -0.25) is 19.7 Å². The van der Waals surface area contributed by atoms with Crippen LogP contribution in [0.4, 0.5) is 11.4 Å². The van der Waals surface area contributed by atoms with Crippen molar-refractivity contribution >= 4 is 40.9 Å². The van der Waals surface area contributed by atoms with Crippen LogP contribution in [0.15, 0.2) is 18.2 Å². The summed E-state index contributed by atoms with van der Waals surface area (Å²) in [4.78, 5) is 46.2. The minimum absolute atomic E-state index is 0.0623. The van der Waals surface area contributed by atoms with E-state index in [0.29, 0.717) is 17.0 Å². The molecule has 10 heteroatoms. The number of nitrogens with one attached hydrogen (secondary N) is 2. The van der Waals surface area contributed by atoms with Crippen LogP contribution in [0, 0.1) is 17.0 Å². The number of hydrogen-bond acceptors (Lipinski definition) is 7. The maximum absolute atomic E-state index is 12.2. The second kappa shape index (κ2) is 8.65. The number of benzene rings is 1. The number of nitro benzene ring substituents is 1. The molecule has 2 rings (SSSR count). The average Bonchev–Trinajstić information content (AvgIpc) is 2.58. The first-order valence-corrected chi connectivity index (χ1v) is 9.00. The first-order valence-electron chi connectivity index (χ1n) is 7.95. The lowest BCUT2D eigenvalue weighted by Crippen LogP contribution is -2.51. The molecule has 2 N–H and O–H groups in total. The van der Waals surface area contributed by atoms with Crippen LogP contribution in [-0.4, -0.2) is 46.4 Å². The SMILES string of the molecule is CCOC(=O)[C@@H]1CS[C@H](CC(=O)Nc2ccc([N+](=O)[O-])cc2C)C(=O)N1. The van der Waals surface area contributed by atoms with Gasteiger partial charge in [-0.25, -0.2) is 4.79 Å². The van der Waals surface area contributed by atoms with Gasteiger partial charge in [0.15, 0.2) is 0 Å². The maximum atomic E-state index is 12.2. The number of amides is 2. The number of carbonyl (C=O) groups excluding carboxylic acids is 3. The Labute approximate surface area is 154 Å². The predicted octanol–water partition coefficient (Wildman–Crippen LogP) is 1.40. The number of ether oxygens (including phenoxy) is 1. The first-order chi connectivity index (χ1) is 12.3. The molecule has 26 heavy (non-hydrogen) atoms. The van der Waals surface area contributed by atoms with Gasteiger partial charge in [-0.1, -0.05) is 0 Å². The average molecular weight is 381 g/mol. The van der Waals surface area contributed by atoms with Gasteiger partial charge in [0.2, 0.25) is 11.8 Å². The highest BCUT2D eigenvalue weighted by atomic mass is 32.2. The third-order valence-electron chi connectivity index (χ3n) is 3.71. The van der Waals surface area contributed by atoms with Gasteiger partial charge >= 0.3 is 5.97 Å². The Morgan fingerprint density at radius 3 is 2.77 bits per heavy atom. The van der Waals surface area contributed by atoms with Crippen molar-refractivity contribution in [2.45, 2.75) is 31.6 Å². The molecule has 140 valence electrons. The van der Waals surface area contributed by atoms with Gasteiger partial charge in [0, 0.05) is 30.0 Å². The summed E-state index contributed by atoms with van der Waals surface area (Å²) >= 11 is 1.22. The summed E-state index contributed by atoms with van der Waals surface area (Å²) in [6, 6.07) is 3.41. The summed E-state index contributed by atoms with van der Waals surface area (Å²) in [5.41, 5.74) is 0.939. The van der Waals surface area contributed by atoms with Crippen LogP contribution in [0.5, 0.6) is 0 Å². The van der Waals surface area contributed by atoms with Crippen molar-refractivity contribution in [3.8, 4) is 0 Å². The third kappa shape index (κ3) is 4.94. The van der Waals surface area contributed by atoms with Crippen LogP contribution >= 0.6 is 11.8 Å². The zero-order valence-corrected chi connectivity index (χ0v) is 15.1. The van der Waals surface area contributed by atoms with Gasteiger partial charge in [-0.05, 0) is 25.5 Å². The molecule has 9 nitrogen and oxygen atoms in total. The molecule has 1 fully saturated rings. The highest BCUT2D eigenvalue weighted by molar-refractivity contribution is 8.00. The highest BCUT2D eigenvalue weighted by Crippen LogP contribution is 2.24. The van der Waals surface area contributed by atoms with E-state index < -0.39 is 28.1 Å². The molecule has 0 radical (unpaired) electrons. The summed E-state index contributed by atoms with van der Waals surface area (Å²) in [5.74, 6) is -0.934. The fourth-order valence-electron chi connectivity index (χ4n) is 2.39. The standard InChI is InChI=1S/C16H19N3O6S/c1-3-25-16(22)12-8-26-13(15(21)18-12)7-14(20)17-11-5-4-10(19(23)24)6-9(11)2/h4-6,12-13H,3,7-8H2,1-2H3,(H,17,20)(H,18,21)/t12-,13+/m0/s1. The summed E-state index contributed by atoms with van der Waals surface area (Å²) < 4.78 is 4.87. The fraction of sp³-hybridized carbons (Fsp3) is 0.438. The molecule has 1 saturated heterocycles. The van der Waals surface area contributed by atoms with E-state index in [4.69, 9.17) is 4.74 Å². The molecule has 0 aliphatic carbocycles. The molecule has 1 aliphatic rings. The maximum Gasteiger partial charge on any atom is 0.329 e. The van der Waals surface area contributed by atoms with Crippen LogP contribution in [0.2, 0.25) is 0 Å². The number of anilines is 1. The number of hydrogen-bond donors (Lipinski definition) is 2. The Kier molecular flexibility index (Phi) is 6.56. The molecule has 1 heterocycles. The molecule has 1 aromatic carbocycles. The monoisotopic (exact) mass is 381 g/mol. The molecule has 2 amide bonds. The smallest absolute Gasteiger partial charge is 0.329 e. The minimum Gasteiger partial charge on any atom is -0.464 e. The van der Waals surface area contributed by atoms with Crippen molar-refractivity contribution in [2.24, 2.45) is 0 Å². The second-order valence-electron chi connectivity index (χ2n) is 5.64. The molecule has 0 bridgehead atoms. The minimum atomic E-state index is -0.705. The lowest BCUT2D eigenvalue weighted by atomic mass is 10.1. The van der Waals surface area contributed by atoms with E-state index in [2.05, 4.69) is 10.6 Å². The zero-order chi connectivity index (χ0) is 19.3. The molecule has 1 aromatic rings. The molecule has 0 unspecified atom stereocenters. The Hall–Kier alpha value is -2.62. The van der Waals surface area contributed by atoms with Crippen molar-refractivity contribution in [2.75, 3.05) is 17.7 Å². The summed E-state index contributed by atoms with van der Waals surface area (Å²) in [7, 11) is 0. The molecule has 0 saturated carbocycles. The number of carbonyl (C=O) groups is 3. The van der Waals surface area contributed by atoms with E-state index >= 15 is 0 Å². The van der Waals surface area contributed by atoms with Crippen LogP contribution < -0.4 is 10.6 Å². The van der Waals surface area contributed by atoms with Crippen molar-refractivity contribution in [1.82, 2.24) is 5.32 Å². The number of non-ortho nitro benzene ring substituents is 1. The lowest BCUT2D eigenvalue weighted by Gasteiger charge is -2.27. The molecule has 0 aromatic heterocycles. The molecular formula is C16H19N3O6S. The van der Waals surface area contributed by atoms with Crippen molar-refractivity contribution in [1.29, 1.82) is 0 Å². The van der Waals surface area contributed by atoms with Gasteiger partial charge < -0.3 is 15.4 Å². The topological polar surface area (TPSA) is 128 Å². The van der Waals surface area contributed by atoms with Crippen LogP contribution in [0.1, 0.15) is 18.9 Å². The summed E-state index contributed by atoms with van der Waals surface area (Å²) in [5, 5.41) is 15.3. The Morgan fingerprint density at radius 1 is 1.46 bits per heavy atom. The number of aryl methyl sites for hydroxylation is 1. The normalized spacial score (nSPS) is 19.4. The number of rotatable bonds is 6. The number of nitro groups is 1. The van der Waals surface area contributed by atoms with E-state index in [9.17, 15) is 24.5 Å². The van der Waals surface area contributed by atoms with Gasteiger partial charge in [0.1, 0.15) is 6.04 Å². The number of thioether (sulfide) groups is 1. The van der Waals surface area contributed by atoms with Gasteiger partial charge in [-0.15, -0.1) is 11.8 Å². The van der Waals surface area contributed by atoms with Crippen LogP contribution in [0.25, 0.3) is 0 Å². The predicted molar refractivity (Wildman–Crippen MR) is 95.9 cm³/mol. The quantitative estimate of drug-likeness (QED) is 0.433. The molecule has 2 atom stereocenters. The number of esters is 1. The Bertz CT molecular complexity index is 739. The molecular weight excluding hydrogens is 362 g/mol. The van der Waals surface area contributed by atoms with Crippen LogP contribution in [-0.2, 0) is 19.1 Å². The van der Waals surface area contributed by atoms with Crippen molar-refractivity contribution < 1.29 is 24.0 Å². The largest absolute Gasteiger partial charge is 0.464 e. The Balaban J connectivity index is 1.91. The zero-order valence-electron chi connectivity index (χ0n) is 14.3. The van der Waals surface area contributed by atoms with E-state index in [1.54, 1.807) is 13.8 Å². The van der Waals surface area contributed by atoms with Gasteiger partial charge in [0.05, 0.1) is 16.8 Å². The fourth-order valence-corrected chi connectivity index (χ4v) is 3.52. The number of nitrogens with zero attached hydrogens (tertiary/aromatic N) is 1. The highest BCUT2D eigenvalue weighted by Gasteiger charge is 2.34. The van der Waals surface area contributed by atoms with E-state index in [1.807, 2.05) is 0 Å². The van der Waals surface area contributed by atoms with Crippen LogP contribution in [0.3, 0.4) is 0 Å².